The van der Waals surface area contributed by atoms with Crippen molar-refractivity contribution in [2.75, 3.05) is 10.6 Å². The third-order valence-corrected chi connectivity index (χ3v) is 4.46. The van der Waals surface area contributed by atoms with E-state index >= 15 is 0 Å². The van der Waals surface area contributed by atoms with Crippen LogP contribution in [0.15, 0.2) is 54.9 Å². The number of aromatic nitrogens is 3. The van der Waals surface area contributed by atoms with Gasteiger partial charge in [-0.05, 0) is 55.8 Å². The zero-order chi connectivity index (χ0) is 20.4. The Labute approximate surface area is 166 Å². The highest BCUT2D eigenvalue weighted by molar-refractivity contribution is 5.99. The first-order valence-electron chi connectivity index (χ1n) is 8.91. The van der Waals surface area contributed by atoms with Crippen molar-refractivity contribution in [3.05, 3.63) is 71.9 Å². The van der Waals surface area contributed by atoms with E-state index in [1.54, 1.807) is 24.3 Å². The number of rotatable bonds is 4. The Balaban J connectivity index is 1.51. The second-order valence-electron chi connectivity index (χ2n) is 6.49. The second kappa shape index (κ2) is 7.59. The van der Waals surface area contributed by atoms with Gasteiger partial charge in [0.05, 0.1) is 5.39 Å². The maximum absolute atomic E-state index is 13.0. The van der Waals surface area contributed by atoms with E-state index < -0.39 is 6.03 Å². The van der Waals surface area contributed by atoms with Crippen LogP contribution in [-0.4, -0.2) is 21.0 Å². The molecule has 0 saturated heterocycles. The highest BCUT2D eigenvalue weighted by Crippen LogP contribution is 2.31. The number of nitrogens with zero attached hydrogens (tertiary/aromatic N) is 2. The number of fused-ring (bicyclic) bond motifs is 1. The number of ether oxygens (including phenoxy) is 1. The minimum atomic E-state index is -0.449. The summed E-state index contributed by atoms with van der Waals surface area (Å²) in [7, 11) is 0. The molecular formula is C21H18FN5O2. The molecule has 29 heavy (non-hydrogen) atoms. The number of benzene rings is 2. The van der Waals surface area contributed by atoms with Crippen LogP contribution in [0.4, 0.5) is 20.6 Å². The number of urea groups is 1. The van der Waals surface area contributed by atoms with E-state index in [1.807, 2.05) is 13.8 Å². The fourth-order valence-corrected chi connectivity index (χ4v) is 2.91. The number of hydrogen-bond acceptors (Lipinski definition) is 4. The summed E-state index contributed by atoms with van der Waals surface area (Å²) >= 11 is 0. The van der Waals surface area contributed by atoms with Gasteiger partial charge in [0.15, 0.2) is 0 Å². The number of anilines is 2. The van der Waals surface area contributed by atoms with Crippen LogP contribution in [0.1, 0.15) is 11.3 Å². The smallest absolute Gasteiger partial charge is 0.323 e. The maximum Gasteiger partial charge on any atom is 0.323 e. The number of H-pyrrole nitrogens is 1. The van der Waals surface area contributed by atoms with Gasteiger partial charge in [-0.3, -0.25) is 0 Å². The average molecular weight is 391 g/mol. The third kappa shape index (κ3) is 4.01. The summed E-state index contributed by atoms with van der Waals surface area (Å²) in [6.07, 6.45) is 1.44. The van der Waals surface area contributed by atoms with E-state index in [0.717, 1.165) is 16.6 Å². The SMILES string of the molecule is Cc1[nH]c2ncnc(Oc3cccc(NC(=O)Nc4ccc(F)cc4)c3)c2c1C. The van der Waals surface area contributed by atoms with E-state index in [0.29, 0.717) is 28.7 Å². The fraction of sp³-hybridized carbons (Fsp3) is 0.0952. The Kier molecular flexibility index (Phi) is 4.82. The van der Waals surface area contributed by atoms with Crippen LogP contribution >= 0.6 is 0 Å². The first-order chi connectivity index (χ1) is 14.0. The molecule has 4 rings (SSSR count). The molecule has 0 atom stereocenters. The van der Waals surface area contributed by atoms with Crippen molar-refractivity contribution in [1.82, 2.24) is 15.0 Å². The topological polar surface area (TPSA) is 91.9 Å². The normalized spacial score (nSPS) is 10.7. The average Bonchev–Trinajstić information content (AvgIpc) is 2.99. The van der Waals surface area contributed by atoms with Crippen molar-refractivity contribution in [3.63, 3.8) is 0 Å². The zero-order valence-electron chi connectivity index (χ0n) is 15.8. The van der Waals surface area contributed by atoms with Gasteiger partial charge < -0.3 is 20.4 Å². The first kappa shape index (κ1) is 18.4. The van der Waals surface area contributed by atoms with Crippen LogP contribution in [0.5, 0.6) is 11.6 Å². The van der Waals surface area contributed by atoms with E-state index in [2.05, 4.69) is 25.6 Å². The van der Waals surface area contributed by atoms with Gasteiger partial charge in [0.2, 0.25) is 5.88 Å². The predicted molar refractivity (Wildman–Crippen MR) is 109 cm³/mol. The lowest BCUT2D eigenvalue weighted by Crippen LogP contribution is -2.19. The van der Waals surface area contributed by atoms with E-state index in [4.69, 9.17) is 4.74 Å². The molecule has 0 bridgehead atoms. The van der Waals surface area contributed by atoms with E-state index in [1.165, 1.54) is 30.6 Å². The standard InChI is InChI=1S/C21H18FN5O2/c1-12-13(2)25-19-18(12)20(24-11-23-19)29-17-5-3-4-16(10-17)27-21(28)26-15-8-6-14(22)7-9-15/h3-11H,1-2H3,(H,23,24,25)(H2,26,27,28). The molecule has 2 amide bonds. The molecule has 2 aromatic heterocycles. The molecule has 0 saturated carbocycles. The van der Waals surface area contributed by atoms with Crippen LogP contribution in [-0.2, 0) is 0 Å². The molecule has 0 radical (unpaired) electrons. The monoisotopic (exact) mass is 391 g/mol. The molecule has 0 fully saturated rings. The van der Waals surface area contributed by atoms with Gasteiger partial charge in [-0.2, -0.15) is 0 Å². The Morgan fingerprint density at radius 2 is 1.79 bits per heavy atom. The molecule has 0 unspecified atom stereocenters. The Bertz CT molecular complexity index is 1190. The van der Waals surface area contributed by atoms with Gasteiger partial charge >= 0.3 is 6.03 Å². The number of carbonyl (C=O) groups is 1. The van der Waals surface area contributed by atoms with Gasteiger partial charge in [-0.1, -0.05) is 6.07 Å². The summed E-state index contributed by atoms with van der Waals surface area (Å²) in [5, 5.41) is 6.18. The van der Waals surface area contributed by atoms with Crippen LogP contribution in [0, 0.1) is 19.7 Å². The highest BCUT2D eigenvalue weighted by Gasteiger charge is 2.13. The number of carbonyl (C=O) groups excluding carboxylic acids is 1. The summed E-state index contributed by atoms with van der Waals surface area (Å²) in [6.45, 7) is 3.94. The summed E-state index contributed by atoms with van der Waals surface area (Å²) < 4.78 is 18.9. The molecular weight excluding hydrogens is 373 g/mol. The predicted octanol–water partition coefficient (Wildman–Crippen LogP) is 5.15. The highest BCUT2D eigenvalue weighted by atomic mass is 19.1. The Morgan fingerprint density at radius 1 is 1.03 bits per heavy atom. The lowest BCUT2D eigenvalue weighted by atomic mass is 10.2. The van der Waals surface area contributed by atoms with Crippen molar-refractivity contribution >= 4 is 28.4 Å². The molecule has 0 aliphatic heterocycles. The lowest BCUT2D eigenvalue weighted by Gasteiger charge is -2.10. The Hall–Kier alpha value is -3.94. The molecule has 2 aromatic carbocycles. The lowest BCUT2D eigenvalue weighted by molar-refractivity contribution is 0.262. The van der Waals surface area contributed by atoms with Crippen LogP contribution < -0.4 is 15.4 Å². The number of aryl methyl sites for hydroxylation is 2. The first-order valence-corrected chi connectivity index (χ1v) is 8.91. The summed E-state index contributed by atoms with van der Waals surface area (Å²) in [5.41, 5.74) is 3.74. The molecule has 7 nitrogen and oxygen atoms in total. The molecule has 0 aliphatic rings. The van der Waals surface area contributed by atoms with Crippen molar-refractivity contribution in [3.8, 4) is 11.6 Å². The van der Waals surface area contributed by atoms with Crippen LogP contribution in [0.3, 0.4) is 0 Å². The van der Waals surface area contributed by atoms with Crippen molar-refractivity contribution in [2.24, 2.45) is 0 Å². The number of nitrogens with one attached hydrogen (secondary N) is 3. The van der Waals surface area contributed by atoms with E-state index in [9.17, 15) is 9.18 Å². The summed E-state index contributed by atoms with van der Waals surface area (Å²) in [5.74, 6) is 0.583. The molecule has 3 N–H and O–H groups in total. The Morgan fingerprint density at radius 3 is 2.59 bits per heavy atom. The number of hydrogen-bond donors (Lipinski definition) is 3. The molecule has 4 aromatic rings. The zero-order valence-corrected chi connectivity index (χ0v) is 15.8. The van der Waals surface area contributed by atoms with Crippen LogP contribution in [0.25, 0.3) is 11.0 Å². The van der Waals surface area contributed by atoms with Gasteiger partial charge in [0.25, 0.3) is 0 Å². The number of amides is 2. The summed E-state index contributed by atoms with van der Waals surface area (Å²) in [6, 6.07) is 12.0. The minimum Gasteiger partial charge on any atom is -0.438 e. The van der Waals surface area contributed by atoms with Crippen molar-refractivity contribution in [2.45, 2.75) is 13.8 Å². The molecule has 8 heteroatoms. The molecule has 0 spiro atoms. The second-order valence-corrected chi connectivity index (χ2v) is 6.49. The third-order valence-electron chi connectivity index (χ3n) is 4.46. The number of halogens is 1. The quantitative estimate of drug-likeness (QED) is 0.449. The maximum atomic E-state index is 13.0. The fourth-order valence-electron chi connectivity index (χ4n) is 2.91. The summed E-state index contributed by atoms with van der Waals surface area (Å²) in [4.78, 5) is 23.9. The van der Waals surface area contributed by atoms with Gasteiger partial charge in [0, 0.05) is 23.1 Å². The molecule has 0 aliphatic carbocycles. The van der Waals surface area contributed by atoms with E-state index in [-0.39, 0.29) is 5.82 Å². The van der Waals surface area contributed by atoms with Gasteiger partial charge in [-0.15, -0.1) is 0 Å². The van der Waals surface area contributed by atoms with Crippen LogP contribution in [0.2, 0.25) is 0 Å². The van der Waals surface area contributed by atoms with Gasteiger partial charge in [0.1, 0.15) is 23.5 Å². The van der Waals surface area contributed by atoms with Crippen molar-refractivity contribution < 1.29 is 13.9 Å². The molecule has 2 heterocycles. The van der Waals surface area contributed by atoms with Crippen molar-refractivity contribution in [1.29, 1.82) is 0 Å². The molecule has 146 valence electrons. The largest absolute Gasteiger partial charge is 0.438 e. The minimum absolute atomic E-state index is 0.368. The number of aromatic amines is 1. The van der Waals surface area contributed by atoms with Gasteiger partial charge in [-0.25, -0.2) is 19.2 Å².